The van der Waals surface area contributed by atoms with E-state index in [1.165, 1.54) is 11.8 Å². The first kappa shape index (κ1) is 13.1. The molecule has 2 rings (SSSR count). The zero-order valence-corrected chi connectivity index (χ0v) is 11.3. The van der Waals surface area contributed by atoms with E-state index in [0.717, 1.165) is 31.4 Å². The Morgan fingerprint density at radius 1 is 1.22 bits per heavy atom. The molecule has 0 aliphatic heterocycles. The van der Waals surface area contributed by atoms with Crippen LogP contribution in [0, 0.1) is 0 Å². The summed E-state index contributed by atoms with van der Waals surface area (Å²) in [5.74, 6) is 0.342. The van der Waals surface area contributed by atoms with E-state index in [4.69, 9.17) is 0 Å². The molecule has 1 aliphatic carbocycles. The SMILES string of the molecule is CC(=O)Nc1ccc(SC2CCC(=O)CC2)cc1. The van der Waals surface area contributed by atoms with E-state index >= 15 is 0 Å². The van der Waals surface area contributed by atoms with Gasteiger partial charge in [0.25, 0.3) is 0 Å². The monoisotopic (exact) mass is 263 g/mol. The maximum absolute atomic E-state index is 11.2. The number of ketones is 1. The van der Waals surface area contributed by atoms with Crippen molar-refractivity contribution in [3.8, 4) is 0 Å². The van der Waals surface area contributed by atoms with Gasteiger partial charge < -0.3 is 5.32 Å². The zero-order chi connectivity index (χ0) is 13.0. The molecule has 0 spiro atoms. The van der Waals surface area contributed by atoms with E-state index in [9.17, 15) is 9.59 Å². The predicted octanol–water partition coefficient (Wildman–Crippen LogP) is 3.25. The summed E-state index contributed by atoms with van der Waals surface area (Å²) in [5.41, 5.74) is 0.825. The van der Waals surface area contributed by atoms with Crippen molar-refractivity contribution >= 4 is 29.1 Å². The fraction of sp³-hybridized carbons (Fsp3) is 0.429. The molecular formula is C14H17NO2S. The molecule has 1 aliphatic rings. The molecule has 18 heavy (non-hydrogen) atoms. The minimum atomic E-state index is -0.0544. The fourth-order valence-corrected chi connectivity index (χ4v) is 3.19. The zero-order valence-electron chi connectivity index (χ0n) is 10.4. The van der Waals surface area contributed by atoms with Crippen molar-refractivity contribution in [3.05, 3.63) is 24.3 Å². The predicted molar refractivity (Wildman–Crippen MR) is 73.9 cm³/mol. The molecular weight excluding hydrogens is 246 g/mol. The smallest absolute Gasteiger partial charge is 0.221 e. The molecule has 0 unspecified atom stereocenters. The minimum Gasteiger partial charge on any atom is -0.326 e. The minimum absolute atomic E-state index is 0.0544. The summed E-state index contributed by atoms with van der Waals surface area (Å²) in [4.78, 5) is 23.3. The Bertz CT molecular complexity index is 432. The van der Waals surface area contributed by atoms with Gasteiger partial charge in [-0.3, -0.25) is 9.59 Å². The quantitative estimate of drug-likeness (QED) is 0.910. The highest BCUT2D eigenvalue weighted by molar-refractivity contribution is 8.00. The second-order valence-corrected chi connectivity index (χ2v) is 5.94. The van der Waals surface area contributed by atoms with Crippen LogP contribution in [0.4, 0.5) is 5.69 Å². The van der Waals surface area contributed by atoms with Gasteiger partial charge in [-0.15, -0.1) is 11.8 Å². The van der Waals surface area contributed by atoms with Gasteiger partial charge in [0.1, 0.15) is 5.78 Å². The summed E-state index contributed by atoms with van der Waals surface area (Å²) >= 11 is 1.83. The van der Waals surface area contributed by atoms with Crippen molar-refractivity contribution in [2.75, 3.05) is 5.32 Å². The Morgan fingerprint density at radius 2 is 1.83 bits per heavy atom. The fourth-order valence-electron chi connectivity index (χ4n) is 2.04. The molecule has 0 radical (unpaired) electrons. The average Bonchev–Trinajstić information content (AvgIpc) is 2.34. The number of thioether (sulfide) groups is 1. The van der Waals surface area contributed by atoms with E-state index in [-0.39, 0.29) is 5.91 Å². The van der Waals surface area contributed by atoms with Gasteiger partial charge in [0, 0.05) is 35.6 Å². The molecule has 1 fully saturated rings. The van der Waals surface area contributed by atoms with Crippen LogP contribution in [0.5, 0.6) is 0 Å². The van der Waals surface area contributed by atoms with Crippen LogP contribution in [0.15, 0.2) is 29.2 Å². The number of anilines is 1. The number of carbonyl (C=O) groups excluding carboxylic acids is 2. The standard InChI is InChI=1S/C14H17NO2S/c1-10(16)15-11-2-6-13(7-3-11)18-14-8-4-12(17)5-9-14/h2-3,6-7,14H,4-5,8-9H2,1H3,(H,15,16). The molecule has 0 bridgehead atoms. The summed E-state index contributed by atoms with van der Waals surface area (Å²) < 4.78 is 0. The van der Waals surface area contributed by atoms with Gasteiger partial charge in [0.2, 0.25) is 5.91 Å². The van der Waals surface area contributed by atoms with E-state index in [1.807, 2.05) is 36.0 Å². The van der Waals surface area contributed by atoms with Crippen LogP contribution in [0.2, 0.25) is 0 Å². The van der Waals surface area contributed by atoms with Crippen molar-refractivity contribution in [3.63, 3.8) is 0 Å². The normalized spacial score (nSPS) is 16.6. The number of benzene rings is 1. The number of rotatable bonds is 3. The molecule has 0 heterocycles. The number of carbonyl (C=O) groups is 2. The summed E-state index contributed by atoms with van der Waals surface area (Å²) in [5, 5.41) is 3.30. The van der Waals surface area contributed by atoms with Gasteiger partial charge >= 0.3 is 0 Å². The molecule has 1 aromatic rings. The van der Waals surface area contributed by atoms with Gasteiger partial charge in [0.15, 0.2) is 0 Å². The highest BCUT2D eigenvalue weighted by Crippen LogP contribution is 2.32. The molecule has 96 valence electrons. The number of hydrogen-bond donors (Lipinski definition) is 1. The largest absolute Gasteiger partial charge is 0.326 e. The Hall–Kier alpha value is -1.29. The van der Waals surface area contributed by atoms with Crippen molar-refractivity contribution < 1.29 is 9.59 Å². The third-order valence-corrected chi connectivity index (χ3v) is 4.32. The third kappa shape index (κ3) is 3.88. The number of nitrogens with one attached hydrogen (secondary N) is 1. The first-order valence-corrected chi connectivity index (χ1v) is 7.07. The lowest BCUT2D eigenvalue weighted by Gasteiger charge is -2.20. The highest BCUT2D eigenvalue weighted by atomic mass is 32.2. The van der Waals surface area contributed by atoms with Crippen molar-refractivity contribution in [2.24, 2.45) is 0 Å². The second kappa shape index (κ2) is 6.05. The van der Waals surface area contributed by atoms with Crippen molar-refractivity contribution in [1.82, 2.24) is 0 Å². The average molecular weight is 263 g/mol. The maximum atomic E-state index is 11.2. The van der Waals surface area contributed by atoms with E-state index in [2.05, 4.69) is 5.32 Å². The summed E-state index contributed by atoms with van der Waals surface area (Å²) in [6, 6.07) is 7.87. The molecule has 1 amide bonds. The summed E-state index contributed by atoms with van der Waals surface area (Å²) in [6.07, 6.45) is 3.41. The van der Waals surface area contributed by atoms with Gasteiger partial charge in [-0.2, -0.15) is 0 Å². The molecule has 3 nitrogen and oxygen atoms in total. The number of amides is 1. The summed E-state index contributed by atoms with van der Waals surface area (Å²) in [7, 11) is 0. The van der Waals surface area contributed by atoms with Crippen LogP contribution in [0.3, 0.4) is 0 Å². The molecule has 0 aromatic heterocycles. The lowest BCUT2D eigenvalue weighted by Crippen LogP contribution is -2.15. The molecule has 4 heteroatoms. The van der Waals surface area contributed by atoms with Crippen LogP contribution < -0.4 is 5.32 Å². The number of Topliss-reactive ketones (excluding diaryl/α,β-unsaturated/α-hetero) is 1. The van der Waals surface area contributed by atoms with E-state index in [0.29, 0.717) is 11.0 Å². The second-order valence-electron chi connectivity index (χ2n) is 4.56. The van der Waals surface area contributed by atoms with Gasteiger partial charge in [0.05, 0.1) is 0 Å². The lowest BCUT2D eigenvalue weighted by atomic mass is 9.99. The third-order valence-electron chi connectivity index (χ3n) is 2.97. The van der Waals surface area contributed by atoms with Gasteiger partial charge in [-0.25, -0.2) is 0 Å². The Labute approximate surface area is 111 Å². The Kier molecular flexibility index (Phi) is 4.42. The highest BCUT2D eigenvalue weighted by Gasteiger charge is 2.19. The topological polar surface area (TPSA) is 46.2 Å². The van der Waals surface area contributed by atoms with Crippen molar-refractivity contribution in [2.45, 2.75) is 42.8 Å². The van der Waals surface area contributed by atoms with E-state index in [1.54, 1.807) is 0 Å². The van der Waals surface area contributed by atoms with Crippen LogP contribution >= 0.6 is 11.8 Å². The molecule has 0 atom stereocenters. The van der Waals surface area contributed by atoms with Gasteiger partial charge in [-0.05, 0) is 37.1 Å². The molecule has 1 aromatic carbocycles. The maximum Gasteiger partial charge on any atom is 0.221 e. The Morgan fingerprint density at radius 3 is 2.39 bits per heavy atom. The van der Waals surface area contributed by atoms with Crippen LogP contribution in [-0.4, -0.2) is 16.9 Å². The lowest BCUT2D eigenvalue weighted by molar-refractivity contribution is -0.120. The van der Waals surface area contributed by atoms with Gasteiger partial charge in [-0.1, -0.05) is 0 Å². The van der Waals surface area contributed by atoms with Crippen molar-refractivity contribution in [1.29, 1.82) is 0 Å². The first-order chi connectivity index (χ1) is 8.63. The van der Waals surface area contributed by atoms with Crippen LogP contribution in [-0.2, 0) is 9.59 Å². The Balaban J connectivity index is 1.90. The first-order valence-electron chi connectivity index (χ1n) is 6.19. The van der Waals surface area contributed by atoms with E-state index < -0.39 is 0 Å². The molecule has 1 saturated carbocycles. The molecule has 0 saturated heterocycles. The molecule has 1 N–H and O–H groups in total. The summed E-state index contributed by atoms with van der Waals surface area (Å²) in [6.45, 7) is 1.50. The number of hydrogen-bond acceptors (Lipinski definition) is 3. The van der Waals surface area contributed by atoms with Crippen LogP contribution in [0.1, 0.15) is 32.6 Å². The van der Waals surface area contributed by atoms with Crippen LogP contribution in [0.25, 0.3) is 0 Å².